The largest absolute Gasteiger partial charge is 0.504 e. The maximum absolute atomic E-state index is 13.0. The minimum atomic E-state index is -1.79. The van der Waals surface area contributed by atoms with Gasteiger partial charge in [-0.2, -0.15) is 0 Å². The highest BCUT2D eigenvalue weighted by molar-refractivity contribution is 5.93. The lowest BCUT2D eigenvalue weighted by Gasteiger charge is -2.45. The number of carbonyl (C=O) groups excluding carboxylic acids is 4. The van der Waals surface area contributed by atoms with E-state index in [9.17, 15) is 34.5 Å². The number of hydrogen-bond acceptors (Lipinski definition) is 14. The number of aliphatic hydroxyl groups is 1. The zero-order valence-electron chi connectivity index (χ0n) is 22.2. The number of phenols is 2. The lowest BCUT2D eigenvalue weighted by atomic mass is 9.81. The van der Waals surface area contributed by atoms with Gasteiger partial charge in [-0.15, -0.1) is 6.58 Å². The van der Waals surface area contributed by atoms with E-state index in [1.165, 1.54) is 24.5 Å². The Kier molecular flexibility index (Phi) is 9.15. The molecule has 0 amide bonds. The van der Waals surface area contributed by atoms with Crippen LogP contribution in [0.2, 0.25) is 0 Å². The summed E-state index contributed by atoms with van der Waals surface area (Å²) in [5.41, 5.74) is -0.149. The molecule has 1 aromatic carbocycles. The number of para-hydroxylation sites is 1. The highest BCUT2D eigenvalue weighted by Crippen LogP contribution is 2.39. The lowest BCUT2D eigenvalue weighted by Crippen LogP contribution is -2.62. The summed E-state index contributed by atoms with van der Waals surface area (Å²) < 4.78 is 38.4. The average Bonchev–Trinajstić information content (AvgIpc) is 2.92. The van der Waals surface area contributed by atoms with Gasteiger partial charge in [0.15, 0.2) is 23.7 Å². The smallest absolute Gasteiger partial charge is 0.342 e. The number of carbonyl (C=O) groups is 4. The molecule has 0 spiro atoms. The minimum Gasteiger partial charge on any atom is -0.504 e. The molecule has 41 heavy (non-hydrogen) atoms. The first-order chi connectivity index (χ1) is 19.5. The third kappa shape index (κ3) is 6.45. The quantitative estimate of drug-likeness (QED) is 0.170. The SMILES string of the molecule is C=CC1C(OC2OC(COC(C)=O)C(OC(C)=O)C(O)C2OC(=O)c2cccc(O)c2O)OC=C2C(=O)OCCC21. The van der Waals surface area contributed by atoms with Crippen molar-refractivity contribution in [3.05, 3.63) is 48.3 Å². The standard InChI is InChI=1S/C27H30O14/c1-4-14-15-8-9-35-24(33)17(15)10-37-26(14)41-27-23(40-25(34)16-6-5-7-18(30)20(16)31)21(32)22(38-13(3)29)19(39-27)11-36-12(2)28/h4-7,10,14-15,19,21-23,26-27,30-32H,1,8-9,11H2,2-3H3. The monoisotopic (exact) mass is 578 g/mol. The summed E-state index contributed by atoms with van der Waals surface area (Å²) >= 11 is 0. The van der Waals surface area contributed by atoms with Crippen LogP contribution in [0.15, 0.2) is 42.7 Å². The Morgan fingerprint density at radius 1 is 1.10 bits per heavy atom. The van der Waals surface area contributed by atoms with Crippen molar-refractivity contribution in [2.75, 3.05) is 13.2 Å². The zero-order chi connectivity index (χ0) is 29.8. The van der Waals surface area contributed by atoms with Crippen molar-refractivity contribution in [3.63, 3.8) is 0 Å². The Bertz CT molecular complexity index is 1220. The van der Waals surface area contributed by atoms with E-state index in [0.717, 1.165) is 19.9 Å². The van der Waals surface area contributed by atoms with Crippen molar-refractivity contribution in [2.24, 2.45) is 11.8 Å². The number of aliphatic hydroxyl groups excluding tert-OH is 1. The Labute approximate surface area is 234 Å². The maximum atomic E-state index is 13.0. The molecular formula is C27H30O14. The van der Waals surface area contributed by atoms with E-state index in [0.29, 0.717) is 6.42 Å². The van der Waals surface area contributed by atoms with E-state index in [1.54, 1.807) is 0 Å². The van der Waals surface area contributed by atoms with Crippen LogP contribution in [0.3, 0.4) is 0 Å². The van der Waals surface area contributed by atoms with E-state index in [-0.39, 0.29) is 18.1 Å². The van der Waals surface area contributed by atoms with Gasteiger partial charge in [-0.25, -0.2) is 9.59 Å². The van der Waals surface area contributed by atoms with Gasteiger partial charge in [-0.1, -0.05) is 12.1 Å². The van der Waals surface area contributed by atoms with E-state index in [4.69, 9.17) is 33.2 Å². The molecule has 3 aliphatic rings. The third-order valence-corrected chi connectivity index (χ3v) is 6.79. The van der Waals surface area contributed by atoms with Crippen molar-refractivity contribution >= 4 is 23.9 Å². The van der Waals surface area contributed by atoms with Crippen molar-refractivity contribution in [3.8, 4) is 11.5 Å². The fourth-order valence-corrected chi connectivity index (χ4v) is 4.84. The molecule has 3 heterocycles. The van der Waals surface area contributed by atoms with Crippen molar-refractivity contribution in [2.45, 2.75) is 57.3 Å². The summed E-state index contributed by atoms with van der Waals surface area (Å²) in [6.07, 6.45) is -5.84. The molecule has 0 bridgehead atoms. The number of rotatable bonds is 8. The molecule has 222 valence electrons. The number of benzene rings is 1. The molecule has 8 atom stereocenters. The Hall–Kier alpha value is -4.14. The molecular weight excluding hydrogens is 548 g/mol. The second kappa shape index (κ2) is 12.6. The maximum Gasteiger partial charge on any atom is 0.342 e. The van der Waals surface area contributed by atoms with Gasteiger partial charge >= 0.3 is 23.9 Å². The molecule has 3 N–H and O–H groups in total. The van der Waals surface area contributed by atoms with Gasteiger partial charge in [0.05, 0.1) is 18.4 Å². The zero-order valence-corrected chi connectivity index (χ0v) is 22.2. The minimum absolute atomic E-state index is 0.165. The summed E-state index contributed by atoms with van der Waals surface area (Å²) in [7, 11) is 0. The van der Waals surface area contributed by atoms with Crippen LogP contribution in [0.25, 0.3) is 0 Å². The van der Waals surface area contributed by atoms with Gasteiger partial charge in [0.1, 0.15) is 24.4 Å². The van der Waals surface area contributed by atoms with Gasteiger partial charge in [0.25, 0.3) is 0 Å². The van der Waals surface area contributed by atoms with Gasteiger partial charge < -0.3 is 48.5 Å². The first kappa shape index (κ1) is 29.8. The fraction of sp³-hybridized carbons (Fsp3) is 0.481. The van der Waals surface area contributed by atoms with Crippen molar-refractivity contribution < 1.29 is 67.7 Å². The van der Waals surface area contributed by atoms with E-state index in [1.807, 2.05) is 0 Å². The van der Waals surface area contributed by atoms with Crippen LogP contribution >= 0.6 is 0 Å². The third-order valence-electron chi connectivity index (χ3n) is 6.79. The van der Waals surface area contributed by atoms with Gasteiger partial charge in [0, 0.05) is 25.7 Å². The molecule has 1 aromatic rings. The Morgan fingerprint density at radius 2 is 1.85 bits per heavy atom. The van der Waals surface area contributed by atoms with Crippen LogP contribution in [0, 0.1) is 11.8 Å². The van der Waals surface area contributed by atoms with Gasteiger partial charge in [-0.05, 0) is 18.6 Å². The Morgan fingerprint density at radius 3 is 2.54 bits per heavy atom. The average molecular weight is 579 g/mol. The number of cyclic esters (lactones) is 1. The first-order valence-corrected chi connectivity index (χ1v) is 12.7. The molecule has 8 unspecified atom stereocenters. The van der Waals surface area contributed by atoms with Crippen LogP contribution < -0.4 is 0 Å². The molecule has 0 radical (unpaired) electrons. The molecule has 0 aliphatic carbocycles. The van der Waals surface area contributed by atoms with E-state index >= 15 is 0 Å². The number of hydrogen-bond donors (Lipinski definition) is 3. The second-order valence-corrected chi connectivity index (χ2v) is 9.51. The normalized spacial score (nSPS) is 30.9. The van der Waals surface area contributed by atoms with Crippen LogP contribution in [-0.4, -0.2) is 89.4 Å². The number of esters is 4. The van der Waals surface area contributed by atoms with Crippen LogP contribution in [0.4, 0.5) is 0 Å². The van der Waals surface area contributed by atoms with Gasteiger partial charge in [0.2, 0.25) is 12.6 Å². The highest BCUT2D eigenvalue weighted by Gasteiger charge is 2.52. The Balaban J connectivity index is 1.66. The molecule has 14 heteroatoms. The molecule has 2 fully saturated rings. The van der Waals surface area contributed by atoms with Gasteiger partial charge in [-0.3, -0.25) is 9.59 Å². The lowest BCUT2D eigenvalue weighted by molar-refractivity contribution is -0.339. The van der Waals surface area contributed by atoms with Crippen molar-refractivity contribution in [1.29, 1.82) is 0 Å². The number of ether oxygens (including phenoxy) is 7. The summed E-state index contributed by atoms with van der Waals surface area (Å²) in [6.45, 7) is 5.73. The molecule has 0 saturated carbocycles. The summed E-state index contributed by atoms with van der Waals surface area (Å²) in [5.74, 6) is -5.56. The van der Waals surface area contributed by atoms with Crippen molar-refractivity contribution in [1.82, 2.24) is 0 Å². The summed E-state index contributed by atoms with van der Waals surface area (Å²) in [4.78, 5) is 48.6. The molecule has 2 saturated heterocycles. The highest BCUT2D eigenvalue weighted by atomic mass is 16.8. The molecule has 0 aromatic heterocycles. The van der Waals surface area contributed by atoms with E-state index < -0.39 is 90.5 Å². The second-order valence-electron chi connectivity index (χ2n) is 9.51. The molecule has 4 rings (SSSR count). The van der Waals surface area contributed by atoms with Crippen LogP contribution in [0.5, 0.6) is 11.5 Å². The predicted molar refractivity (Wildman–Crippen MR) is 133 cm³/mol. The summed E-state index contributed by atoms with van der Waals surface area (Å²) in [6, 6.07) is 3.60. The fourth-order valence-electron chi connectivity index (χ4n) is 4.84. The van der Waals surface area contributed by atoms with E-state index in [2.05, 4.69) is 6.58 Å². The number of phenolic OH excluding ortho intramolecular Hbond substituents is 2. The first-order valence-electron chi connectivity index (χ1n) is 12.7. The summed E-state index contributed by atoms with van der Waals surface area (Å²) in [5, 5.41) is 31.2. The number of fused-ring (bicyclic) bond motifs is 1. The topological polar surface area (TPSA) is 194 Å². The molecule has 3 aliphatic heterocycles. The number of aromatic hydroxyl groups is 2. The molecule has 14 nitrogen and oxygen atoms in total. The van der Waals surface area contributed by atoms with Crippen LogP contribution in [-0.2, 0) is 47.5 Å². The van der Waals surface area contributed by atoms with Crippen LogP contribution in [0.1, 0.15) is 30.6 Å². The predicted octanol–water partition coefficient (Wildman–Crippen LogP) is 0.826.